The summed E-state index contributed by atoms with van der Waals surface area (Å²) in [7, 11) is 0. The molecule has 0 N–H and O–H groups in total. The van der Waals surface area contributed by atoms with Gasteiger partial charge in [-0.2, -0.15) is 0 Å². The lowest BCUT2D eigenvalue weighted by Gasteiger charge is -1.95. The molecule has 0 saturated heterocycles. The number of unbranched alkanes of at least 4 members (excludes halogenated alkanes) is 3. The molecule has 0 bridgehead atoms. The average molecular weight is 222 g/mol. The van der Waals surface area contributed by atoms with Gasteiger partial charge in [0.15, 0.2) is 0 Å². The Labute approximate surface area is 98.7 Å². The summed E-state index contributed by atoms with van der Waals surface area (Å²) in [6, 6.07) is 0. The maximum absolute atomic E-state index is 11.0. The van der Waals surface area contributed by atoms with Crippen LogP contribution in [0.1, 0.15) is 39.0 Å². The topological polar surface area (TPSA) is 26.3 Å². The van der Waals surface area contributed by atoms with Crippen LogP contribution >= 0.6 is 0 Å². The van der Waals surface area contributed by atoms with Gasteiger partial charge in [0.05, 0.1) is 0 Å². The van der Waals surface area contributed by atoms with E-state index < -0.39 is 0 Å². The Hall–Kier alpha value is -1.31. The molecule has 0 saturated carbocycles. The second-order valence-corrected chi connectivity index (χ2v) is 3.51. The second-order valence-electron chi connectivity index (χ2n) is 3.51. The van der Waals surface area contributed by atoms with Gasteiger partial charge in [0.1, 0.15) is 6.61 Å². The Morgan fingerprint density at radius 2 is 1.88 bits per heavy atom. The van der Waals surface area contributed by atoms with Crippen molar-refractivity contribution in [2.45, 2.75) is 39.0 Å². The van der Waals surface area contributed by atoms with Crippen LogP contribution in [0.25, 0.3) is 0 Å². The van der Waals surface area contributed by atoms with Crippen LogP contribution < -0.4 is 0 Å². The Morgan fingerprint density at radius 1 is 1.19 bits per heavy atom. The van der Waals surface area contributed by atoms with Crippen LogP contribution in [0, 0.1) is 0 Å². The number of ether oxygens (including phenoxy) is 1. The summed E-state index contributed by atoms with van der Waals surface area (Å²) >= 11 is 0. The van der Waals surface area contributed by atoms with Gasteiger partial charge in [-0.05, 0) is 25.7 Å². The fourth-order valence-electron chi connectivity index (χ4n) is 1.12. The summed E-state index contributed by atoms with van der Waals surface area (Å²) in [5, 5.41) is 0. The van der Waals surface area contributed by atoms with E-state index in [0.29, 0.717) is 0 Å². The van der Waals surface area contributed by atoms with Gasteiger partial charge in [-0.15, -0.1) is 0 Å². The first-order chi connectivity index (χ1) is 7.81. The monoisotopic (exact) mass is 222 g/mol. The average Bonchev–Trinajstić information content (AvgIpc) is 2.30. The third kappa shape index (κ3) is 10.8. The predicted octanol–water partition coefficient (Wildman–Crippen LogP) is 3.80. The molecule has 90 valence electrons. The van der Waals surface area contributed by atoms with E-state index in [2.05, 4.69) is 25.7 Å². The minimum atomic E-state index is -0.290. The van der Waals surface area contributed by atoms with Gasteiger partial charge in [0.2, 0.25) is 0 Å². The lowest BCUT2D eigenvalue weighted by Crippen LogP contribution is -1.99. The maximum atomic E-state index is 11.0. The largest absolute Gasteiger partial charge is 0.458 e. The van der Waals surface area contributed by atoms with E-state index in [-0.39, 0.29) is 12.6 Å². The maximum Gasteiger partial charge on any atom is 0.330 e. The van der Waals surface area contributed by atoms with Gasteiger partial charge in [-0.25, -0.2) is 4.79 Å². The first kappa shape index (κ1) is 14.7. The van der Waals surface area contributed by atoms with Crippen molar-refractivity contribution in [2.75, 3.05) is 6.61 Å². The molecule has 0 unspecified atom stereocenters. The molecular weight excluding hydrogens is 200 g/mol. The molecule has 0 aliphatic heterocycles. The smallest absolute Gasteiger partial charge is 0.330 e. The zero-order valence-electron chi connectivity index (χ0n) is 10.2. The van der Waals surface area contributed by atoms with Crippen molar-refractivity contribution in [3.8, 4) is 0 Å². The van der Waals surface area contributed by atoms with Crippen LogP contribution in [-0.2, 0) is 9.53 Å². The number of carbonyl (C=O) groups is 1. The number of hydrogen-bond donors (Lipinski definition) is 0. The van der Waals surface area contributed by atoms with Crippen LogP contribution in [-0.4, -0.2) is 12.6 Å². The zero-order chi connectivity index (χ0) is 12.1. The molecule has 0 aliphatic carbocycles. The van der Waals surface area contributed by atoms with Gasteiger partial charge in [0, 0.05) is 6.08 Å². The summed E-state index contributed by atoms with van der Waals surface area (Å²) in [4.78, 5) is 11.0. The number of allylic oxidation sites excluding steroid dienone is 3. The van der Waals surface area contributed by atoms with Gasteiger partial charge in [-0.3, -0.25) is 0 Å². The van der Waals surface area contributed by atoms with E-state index in [1.54, 1.807) is 6.08 Å². The van der Waals surface area contributed by atoms with E-state index in [9.17, 15) is 4.79 Å². The quantitative estimate of drug-likeness (QED) is 0.257. The van der Waals surface area contributed by atoms with Crippen molar-refractivity contribution in [3.05, 3.63) is 37.0 Å². The molecular formula is C14H22O2. The minimum Gasteiger partial charge on any atom is -0.458 e. The molecule has 2 nitrogen and oxygen atoms in total. The van der Waals surface area contributed by atoms with Crippen molar-refractivity contribution in [1.29, 1.82) is 0 Å². The lowest BCUT2D eigenvalue weighted by atomic mass is 10.2. The van der Waals surface area contributed by atoms with Gasteiger partial charge in [-0.1, -0.05) is 44.2 Å². The minimum absolute atomic E-state index is 0.281. The standard InChI is InChI=1S/C14H22O2/c1-3-5-6-7-8-9-10-11-12-14(15)16-13-4-2/h4,6-7,11-12H,2-3,5,8-10,13H2,1H3. The van der Waals surface area contributed by atoms with E-state index in [4.69, 9.17) is 4.74 Å². The van der Waals surface area contributed by atoms with Crippen LogP contribution in [0.5, 0.6) is 0 Å². The number of rotatable bonds is 9. The van der Waals surface area contributed by atoms with Crippen molar-refractivity contribution >= 4 is 5.97 Å². The Balaban J connectivity index is 3.39. The third-order valence-electron chi connectivity index (χ3n) is 1.96. The fraction of sp³-hybridized carbons (Fsp3) is 0.500. The SMILES string of the molecule is C=CCOC(=O)C=CCCCC=CCCC. The van der Waals surface area contributed by atoms with E-state index >= 15 is 0 Å². The molecule has 0 aromatic rings. The van der Waals surface area contributed by atoms with E-state index in [1.165, 1.54) is 12.5 Å². The molecule has 0 radical (unpaired) electrons. The van der Waals surface area contributed by atoms with E-state index in [1.807, 2.05) is 6.08 Å². The van der Waals surface area contributed by atoms with Crippen LogP contribution in [0.2, 0.25) is 0 Å². The number of hydrogen-bond acceptors (Lipinski definition) is 2. The molecule has 2 heteroatoms. The first-order valence-electron chi connectivity index (χ1n) is 5.90. The molecule has 0 heterocycles. The fourth-order valence-corrected chi connectivity index (χ4v) is 1.12. The van der Waals surface area contributed by atoms with E-state index in [0.717, 1.165) is 25.7 Å². The molecule has 0 aliphatic rings. The summed E-state index contributed by atoms with van der Waals surface area (Å²) < 4.78 is 4.79. The summed E-state index contributed by atoms with van der Waals surface area (Å²) in [5.74, 6) is -0.290. The zero-order valence-corrected chi connectivity index (χ0v) is 10.2. The number of carbonyl (C=O) groups excluding carboxylic acids is 1. The molecule has 0 amide bonds. The molecule has 0 fully saturated rings. The summed E-state index contributed by atoms with van der Waals surface area (Å²) in [6.45, 7) is 5.92. The third-order valence-corrected chi connectivity index (χ3v) is 1.96. The highest BCUT2D eigenvalue weighted by molar-refractivity contribution is 5.81. The molecule has 0 spiro atoms. The predicted molar refractivity (Wildman–Crippen MR) is 68.2 cm³/mol. The van der Waals surface area contributed by atoms with Gasteiger partial charge < -0.3 is 4.74 Å². The molecule has 0 atom stereocenters. The highest BCUT2D eigenvalue weighted by Crippen LogP contribution is 2.00. The van der Waals surface area contributed by atoms with Crippen molar-refractivity contribution in [2.24, 2.45) is 0 Å². The normalized spacial score (nSPS) is 11.1. The van der Waals surface area contributed by atoms with Gasteiger partial charge >= 0.3 is 5.97 Å². The van der Waals surface area contributed by atoms with Crippen LogP contribution in [0.15, 0.2) is 37.0 Å². The molecule has 0 aromatic heterocycles. The van der Waals surface area contributed by atoms with Crippen LogP contribution in [0.3, 0.4) is 0 Å². The Bertz CT molecular complexity index is 239. The van der Waals surface area contributed by atoms with Gasteiger partial charge in [0.25, 0.3) is 0 Å². The van der Waals surface area contributed by atoms with Crippen molar-refractivity contribution in [1.82, 2.24) is 0 Å². The first-order valence-corrected chi connectivity index (χ1v) is 5.90. The Morgan fingerprint density at radius 3 is 2.56 bits per heavy atom. The molecule has 0 aromatic carbocycles. The summed E-state index contributed by atoms with van der Waals surface area (Å²) in [6.07, 6.45) is 14.7. The van der Waals surface area contributed by atoms with Crippen molar-refractivity contribution in [3.63, 3.8) is 0 Å². The lowest BCUT2D eigenvalue weighted by molar-refractivity contribution is -0.136. The molecule has 0 rings (SSSR count). The van der Waals surface area contributed by atoms with Crippen molar-refractivity contribution < 1.29 is 9.53 Å². The highest BCUT2D eigenvalue weighted by Gasteiger charge is 1.92. The highest BCUT2D eigenvalue weighted by atomic mass is 16.5. The summed E-state index contributed by atoms with van der Waals surface area (Å²) in [5.41, 5.74) is 0. The second kappa shape index (κ2) is 11.8. The Kier molecular flexibility index (Phi) is 10.8. The molecule has 16 heavy (non-hydrogen) atoms. The van der Waals surface area contributed by atoms with Crippen LogP contribution in [0.4, 0.5) is 0 Å². The number of esters is 1.